The number of esters is 1. The monoisotopic (exact) mass is 265 g/mol. The average molecular weight is 265 g/mol. The normalized spacial score (nSPS) is 18.4. The van der Waals surface area contributed by atoms with E-state index < -0.39 is 0 Å². The molecule has 1 atom stereocenters. The molecule has 4 nitrogen and oxygen atoms in total. The Labute approximate surface area is 111 Å². The highest BCUT2D eigenvalue weighted by molar-refractivity contribution is 5.94. The molecule has 0 N–H and O–H groups in total. The van der Waals surface area contributed by atoms with Crippen molar-refractivity contribution in [3.05, 3.63) is 35.6 Å². The van der Waals surface area contributed by atoms with Crippen LogP contribution in [0.15, 0.2) is 24.3 Å². The number of likely N-dealkylation sites (tertiary alicyclic amines) is 1. The SMILES string of the molecule is CCOC(=O)C1CCN(C(=O)c2ccc(F)cc2)C1. The van der Waals surface area contributed by atoms with Crippen molar-refractivity contribution in [2.75, 3.05) is 19.7 Å². The highest BCUT2D eigenvalue weighted by Crippen LogP contribution is 2.20. The predicted molar refractivity (Wildman–Crippen MR) is 67.0 cm³/mol. The van der Waals surface area contributed by atoms with Gasteiger partial charge in [0.25, 0.3) is 5.91 Å². The number of hydrogen-bond acceptors (Lipinski definition) is 3. The first-order valence-electron chi connectivity index (χ1n) is 6.33. The molecule has 1 fully saturated rings. The van der Waals surface area contributed by atoms with Gasteiger partial charge in [-0.3, -0.25) is 9.59 Å². The fraction of sp³-hybridized carbons (Fsp3) is 0.429. The van der Waals surface area contributed by atoms with E-state index in [9.17, 15) is 14.0 Å². The van der Waals surface area contributed by atoms with E-state index in [0.29, 0.717) is 31.7 Å². The Morgan fingerprint density at radius 3 is 2.68 bits per heavy atom. The molecular weight excluding hydrogens is 249 g/mol. The van der Waals surface area contributed by atoms with Gasteiger partial charge in [0.2, 0.25) is 0 Å². The lowest BCUT2D eigenvalue weighted by Gasteiger charge is -2.16. The molecule has 0 bridgehead atoms. The largest absolute Gasteiger partial charge is 0.466 e. The number of nitrogens with zero attached hydrogens (tertiary/aromatic N) is 1. The molecule has 1 amide bonds. The molecule has 1 aromatic carbocycles. The molecule has 1 heterocycles. The second-order valence-corrected chi connectivity index (χ2v) is 4.50. The van der Waals surface area contributed by atoms with Crippen LogP contribution in [-0.2, 0) is 9.53 Å². The first kappa shape index (κ1) is 13.5. The molecule has 2 rings (SSSR count). The Morgan fingerprint density at radius 2 is 2.05 bits per heavy atom. The van der Waals surface area contributed by atoms with Crippen LogP contribution in [0.1, 0.15) is 23.7 Å². The van der Waals surface area contributed by atoms with Crippen LogP contribution < -0.4 is 0 Å². The summed E-state index contributed by atoms with van der Waals surface area (Å²) < 4.78 is 17.7. The Balaban J connectivity index is 1.98. The minimum atomic E-state index is -0.373. The lowest BCUT2D eigenvalue weighted by Crippen LogP contribution is -2.30. The van der Waals surface area contributed by atoms with Gasteiger partial charge in [-0.1, -0.05) is 0 Å². The fourth-order valence-electron chi connectivity index (χ4n) is 2.17. The Hall–Kier alpha value is -1.91. The molecule has 0 aromatic heterocycles. The number of carbonyl (C=O) groups is 2. The molecule has 1 aliphatic rings. The third-order valence-corrected chi connectivity index (χ3v) is 3.19. The first-order chi connectivity index (χ1) is 9.11. The lowest BCUT2D eigenvalue weighted by molar-refractivity contribution is -0.147. The molecule has 19 heavy (non-hydrogen) atoms. The topological polar surface area (TPSA) is 46.6 Å². The second kappa shape index (κ2) is 5.82. The highest BCUT2D eigenvalue weighted by Gasteiger charge is 2.32. The fourth-order valence-corrected chi connectivity index (χ4v) is 2.17. The van der Waals surface area contributed by atoms with Crippen LogP contribution in [0.3, 0.4) is 0 Å². The van der Waals surface area contributed by atoms with Gasteiger partial charge in [0, 0.05) is 18.7 Å². The molecule has 1 aliphatic heterocycles. The summed E-state index contributed by atoms with van der Waals surface area (Å²) in [6.07, 6.45) is 0.617. The van der Waals surface area contributed by atoms with Gasteiger partial charge in [-0.15, -0.1) is 0 Å². The Bertz CT molecular complexity index is 472. The smallest absolute Gasteiger partial charge is 0.310 e. The number of carbonyl (C=O) groups excluding carboxylic acids is 2. The number of halogens is 1. The molecule has 0 aliphatic carbocycles. The van der Waals surface area contributed by atoms with Crippen LogP contribution in [0, 0.1) is 11.7 Å². The first-order valence-corrected chi connectivity index (χ1v) is 6.33. The Kier molecular flexibility index (Phi) is 4.14. The van der Waals surface area contributed by atoms with Gasteiger partial charge in [-0.25, -0.2) is 4.39 Å². The maximum Gasteiger partial charge on any atom is 0.310 e. The van der Waals surface area contributed by atoms with Gasteiger partial charge in [-0.2, -0.15) is 0 Å². The van der Waals surface area contributed by atoms with Crippen LogP contribution in [0.25, 0.3) is 0 Å². The zero-order chi connectivity index (χ0) is 13.8. The Morgan fingerprint density at radius 1 is 1.37 bits per heavy atom. The molecular formula is C14H16FNO3. The van der Waals surface area contributed by atoms with Crippen molar-refractivity contribution in [3.63, 3.8) is 0 Å². The van der Waals surface area contributed by atoms with Crippen molar-refractivity contribution in [3.8, 4) is 0 Å². The van der Waals surface area contributed by atoms with Gasteiger partial charge in [0.1, 0.15) is 5.82 Å². The van der Waals surface area contributed by atoms with Crippen LogP contribution in [0.5, 0.6) is 0 Å². The average Bonchev–Trinajstić information content (AvgIpc) is 2.89. The summed E-state index contributed by atoms with van der Waals surface area (Å²) in [7, 11) is 0. The summed E-state index contributed by atoms with van der Waals surface area (Å²) in [5.74, 6) is -1.05. The summed E-state index contributed by atoms with van der Waals surface area (Å²) >= 11 is 0. The summed E-state index contributed by atoms with van der Waals surface area (Å²) in [5.41, 5.74) is 0.436. The van der Waals surface area contributed by atoms with E-state index in [1.54, 1.807) is 11.8 Å². The minimum Gasteiger partial charge on any atom is -0.466 e. The van der Waals surface area contributed by atoms with Crippen LogP contribution in [0.4, 0.5) is 4.39 Å². The summed E-state index contributed by atoms with van der Waals surface area (Å²) in [4.78, 5) is 25.3. The third kappa shape index (κ3) is 3.10. The lowest BCUT2D eigenvalue weighted by atomic mass is 10.1. The zero-order valence-electron chi connectivity index (χ0n) is 10.8. The van der Waals surface area contributed by atoms with Gasteiger partial charge in [-0.05, 0) is 37.6 Å². The number of ether oxygens (including phenoxy) is 1. The molecule has 0 saturated carbocycles. The summed E-state index contributed by atoms with van der Waals surface area (Å²) in [5, 5.41) is 0. The minimum absolute atomic E-state index is 0.174. The number of amides is 1. The standard InChI is InChI=1S/C14H16FNO3/c1-2-19-14(18)11-7-8-16(9-11)13(17)10-3-5-12(15)6-4-10/h3-6,11H,2,7-9H2,1H3. The maximum atomic E-state index is 12.8. The van der Waals surface area contributed by atoms with E-state index in [4.69, 9.17) is 4.74 Å². The van der Waals surface area contributed by atoms with E-state index in [1.165, 1.54) is 24.3 Å². The van der Waals surface area contributed by atoms with Crippen molar-refractivity contribution in [2.24, 2.45) is 5.92 Å². The van der Waals surface area contributed by atoms with Crippen LogP contribution in [-0.4, -0.2) is 36.5 Å². The zero-order valence-corrected chi connectivity index (χ0v) is 10.8. The van der Waals surface area contributed by atoms with Crippen LogP contribution in [0.2, 0.25) is 0 Å². The molecule has 5 heteroatoms. The molecule has 1 unspecified atom stereocenters. The molecule has 0 radical (unpaired) electrons. The quantitative estimate of drug-likeness (QED) is 0.784. The summed E-state index contributed by atoms with van der Waals surface area (Å²) in [6.45, 7) is 3.00. The summed E-state index contributed by atoms with van der Waals surface area (Å²) in [6, 6.07) is 5.42. The van der Waals surface area contributed by atoms with Gasteiger partial charge in [0.15, 0.2) is 0 Å². The second-order valence-electron chi connectivity index (χ2n) is 4.50. The third-order valence-electron chi connectivity index (χ3n) is 3.19. The van der Waals surface area contributed by atoms with E-state index in [0.717, 1.165) is 0 Å². The van der Waals surface area contributed by atoms with Crippen molar-refractivity contribution in [1.82, 2.24) is 4.90 Å². The van der Waals surface area contributed by atoms with E-state index >= 15 is 0 Å². The maximum absolute atomic E-state index is 12.8. The van der Waals surface area contributed by atoms with Crippen molar-refractivity contribution in [1.29, 1.82) is 0 Å². The van der Waals surface area contributed by atoms with Crippen LogP contribution >= 0.6 is 0 Å². The van der Waals surface area contributed by atoms with E-state index in [2.05, 4.69) is 0 Å². The van der Waals surface area contributed by atoms with Crippen molar-refractivity contribution < 1.29 is 18.7 Å². The van der Waals surface area contributed by atoms with E-state index in [1.807, 2.05) is 0 Å². The highest BCUT2D eigenvalue weighted by atomic mass is 19.1. The predicted octanol–water partition coefficient (Wildman–Crippen LogP) is 1.85. The molecule has 102 valence electrons. The molecule has 1 aromatic rings. The number of rotatable bonds is 3. The van der Waals surface area contributed by atoms with E-state index in [-0.39, 0.29) is 23.6 Å². The van der Waals surface area contributed by atoms with Gasteiger partial charge < -0.3 is 9.64 Å². The van der Waals surface area contributed by atoms with Crippen molar-refractivity contribution >= 4 is 11.9 Å². The molecule has 0 spiro atoms. The van der Waals surface area contributed by atoms with Gasteiger partial charge in [0.05, 0.1) is 12.5 Å². The van der Waals surface area contributed by atoms with Crippen molar-refractivity contribution in [2.45, 2.75) is 13.3 Å². The number of benzene rings is 1. The van der Waals surface area contributed by atoms with Gasteiger partial charge >= 0.3 is 5.97 Å². The molecule has 1 saturated heterocycles. The number of hydrogen-bond donors (Lipinski definition) is 0.